The Bertz CT molecular complexity index is 1010. The summed E-state index contributed by atoms with van der Waals surface area (Å²) in [6.07, 6.45) is 3.07. The molecule has 1 unspecified atom stereocenters. The molecule has 3 rings (SSSR count). The predicted molar refractivity (Wildman–Crippen MR) is 120 cm³/mol. The minimum Gasteiger partial charge on any atom is -0.477 e. The van der Waals surface area contributed by atoms with Gasteiger partial charge in [0, 0.05) is 10.7 Å². The first-order valence-corrected chi connectivity index (χ1v) is 12.0. The van der Waals surface area contributed by atoms with Crippen LogP contribution in [0.25, 0.3) is 0 Å². The van der Waals surface area contributed by atoms with E-state index in [0.29, 0.717) is 10.7 Å². The maximum Gasteiger partial charge on any atom is 0.353 e. The summed E-state index contributed by atoms with van der Waals surface area (Å²) in [4.78, 5) is 55.8. The molecule has 0 aliphatic carbocycles. The average molecular weight is 498 g/mol. The number of ether oxygens (including phenoxy) is 1. The molecule has 13 heteroatoms. The number of carboxylic acid groups (broad SMARTS) is 1. The third kappa shape index (κ3) is 5.53. The van der Waals surface area contributed by atoms with E-state index in [0.717, 1.165) is 0 Å². The van der Waals surface area contributed by atoms with Crippen LogP contribution < -0.4 is 5.32 Å². The Balaban J connectivity index is 1.71. The summed E-state index contributed by atoms with van der Waals surface area (Å²) in [6, 6.07) is 2.05. The molecule has 2 atom stereocenters. The van der Waals surface area contributed by atoms with Gasteiger partial charge >= 0.3 is 11.9 Å². The lowest BCUT2D eigenvalue weighted by Gasteiger charge is -2.49. The van der Waals surface area contributed by atoms with E-state index in [1.54, 1.807) is 27.0 Å². The number of nitrogens with one attached hydrogen (secondary N) is 1. The van der Waals surface area contributed by atoms with E-state index in [2.05, 4.69) is 10.5 Å². The number of carbonyl (C=O) groups is 4. The fourth-order valence-electron chi connectivity index (χ4n) is 3.09. The van der Waals surface area contributed by atoms with Crippen LogP contribution in [0.3, 0.4) is 0 Å². The first-order chi connectivity index (χ1) is 15.5. The van der Waals surface area contributed by atoms with Crippen LogP contribution >= 0.6 is 23.5 Å². The molecule has 33 heavy (non-hydrogen) atoms. The quantitative estimate of drug-likeness (QED) is 0.234. The van der Waals surface area contributed by atoms with E-state index in [9.17, 15) is 24.3 Å². The van der Waals surface area contributed by atoms with Gasteiger partial charge in [0.25, 0.3) is 11.8 Å². The Hall–Kier alpha value is -2.93. The minimum atomic E-state index is -1.20. The molecular formula is C20H23N3O8S2. The topological polar surface area (TPSA) is 148 Å². The number of esters is 1. The van der Waals surface area contributed by atoms with Gasteiger partial charge in [-0.25, -0.2) is 9.59 Å². The van der Waals surface area contributed by atoms with Crippen molar-refractivity contribution in [3.05, 3.63) is 34.8 Å². The molecule has 2 amide bonds. The Morgan fingerprint density at radius 2 is 2.12 bits per heavy atom. The highest BCUT2D eigenvalue weighted by Gasteiger charge is 2.54. The molecule has 2 N–H and O–H groups in total. The lowest BCUT2D eigenvalue weighted by atomic mass is 10.0. The third-order valence-corrected chi connectivity index (χ3v) is 6.69. The van der Waals surface area contributed by atoms with Gasteiger partial charge < -0.3 is 24.4 Å². The largest absolute Gasteiger partial charge is 0.477 e. The number of furan rings is 1. The van der Waals surface area contributed by atoms with Crippen molar-refractivity contribution in [1.29, 1.82) is 0 Å². The lowest BCUT2D eigenvalue weighted by molar-refractivity contribution is -0.160. The first kappa shape index (κ1) is 24.7. The molecule has 1 aromatic rings. The fraction of sp³-hybridized carbons (Fsp3) is 0.450. The van der Waals surface area contributed by atoms with Crippen LogP contribution in [0.2, 0.25) is 0 Å². The molecule has 0 saturated carbocycles. The van der Waals surface area contributed by atoms with Gasteiger partial charge in [0.05, 0.1) is 6.26 Å². The number of hydrogen-bond acceptors (Lipinski definition) is 10. The average Bonchev–Trinajstić information content (AvgIpc) is 3.26. The Labute approximate surface area is 197 Å². The highest BCUT2D eigenvalue weighted by atomic mass is 32.2. The van der Waals surface area contributed by atoms with Crippen molar-refractivity contribution in [2.45, 2.75) is 37.8 Å². The van der Waals surface area contributed by atoms with Crippen molar-refractivity contribution >= 4 is 53.0 Å². The molecular weight excluding hydrogens is 474 g/mol. The zero-order valence-electron chi connectivity index (χ0n) is 18.3. The van der Waals surface area contributed by atoms with Crippen molar-refractivity contribution in [1.82, 2.24) is 10.2 Å². The molecule has 0 aromatic carbocycles. The summed E-state index contributed by atoms with van der Waals surface area (Å²) in [5.41, 5.74) is -1.06. The number of β-lactam (4-membered cyclic amide) rings is 1. The van der Waals surface area contributed by atoms with Gasteiger partial charge in [0.15, 0.2) is 5.76 Å². The van der Waals surface area contributed by atoms with E-state index >= 15 is 0 Å². The van der Waals surface area contributed by atoms with Crippen molar-refractivity contribution in [3.8, 4) is 0 Å². The minimum absolute atomic E-state index is 0.0624. The third-order valence-electron chi connectivity index (χ3n) is 4.40. The maximum absolute atomic E-state index is 12.9. The van der Waals surface area contributed by atoms with Crippen LogP contribution in [0.5, 0.6) is 0 Å². The molecule has 1 saturated heterocycles. The van der Waals surface area contributed by atoms with Gasteiger partial charge in [-0.1, -0.05) is 5.16 Å². The van der Waals surface area contributed by atoms with E-state index in [1.165, 1.54) is 46.8 Å². The van der Waals surface area contributed by atoms with Crippen LogP contribution in [0, 0.1) is 0 Å². The number of oxime groups is 1. The number of nitrogens with zero attached hydrogens (tertiary/aromatic N) is 2. The van der Waals surface area contributed by atoms with Gasteiger partial charge in [-0.2, -0.15) is 0 Å². The van der Waals surface area contributed by atoms with Gasteiger partial charge in [0.2, 0.25) is 12.3 Å². The zero-order chi connectivity index (χ0) is 24.3. The van der Waals surface area contributed by atoms with Crippen LogP contribution in [0.4, 0.5) is 0 Å². The molecule has 0 spiro atoms. The number of rotatable bonds is 8. The molecule has 11 nitrogen and oxygen atoms in total. The number of carbonyl (C=O) groups excluding carboxylic acids is 3. The van der Waals surface area contributed by atoms with Crippen molar-refractivity contribution in [3.63, 3.8) is 0 Å². The van der Waals surface area contributed by atoms with E-state index in [-0.39, 0.29) is 17.2 Å². The maximum atomic E-state index is 12.9. The number of thioether (sulfide) groups is 2. The standard InChI is InChI=1S/C20H23N3O8S2/c1-20(2,3)31-12(24)8-30-22-13(10-6-5-7-29-10)16(25)21-14-17(26)23-15(19(27)28)11(32-4)9-33-18(14)23/h5-7,14,18H,8-9H2,1-4H3,(H,21,25)(H,27,28)/t14?,18-/m0/s1. The smallest absolute Gasteiger partial charge is 0.353 e. The summed E-state index contributed by atoms with van der Waals surface area (Å²) >= 11 is 2.62. The van der Waals surface area contributed by atoms with Gasteiger partial charge in [0.1, 0.15) is 22.7 Å². The normalized spacial score (nSPS) is 20.7. The number of fused-ring (bicyclic) bond motifs is 1. The molecule has 2 aliphatic rings. The molecule has 1 fully saturated rings. The monoisotopic (exact) mass is 497 g/mol. The lowest BCUT2D eigenvalue weighted by Crippen LogP contribution is -2.71. The second-order valence-corrected chi connectivity index (χ2v) is 9.93. The number of hydrogen-bond donors (Lipinski definition) is 2. The molecule has 1 aromatic heterocycles. The van der Waals surface area contributed by atoms with Crippen LogP contribution in [-0.2, 0) is 28.8 Å². The molecule has 178 valence electrons. The number of aliphatic carboxylic acids is 1. The highest BCUT2D eigenvalue weighted by Crippen LogP contribution is 2.42. The van der Waals surface area contributed by atoms with Crippen molar-refractivity contribution in [2.75, 3.05) is 18.6 Å². The Morgan fingerprint density at radius 3 is 2.70 bits per heavy atom. The van der Waals surface area contributed by atoms with Crippen molar-refractivity contribution < 1.29 is 38.3 Å². The zero-order valence-corrected chi connectivity index (χ0v) is 19.9. The van der Waals surface area contributed by atoms with Crippen molar-refractivity contribution in [2.24, 2.45) is 5.16 Å². The second-order valence-electron chi connectivity index (χ2n) is 7.92. The van der Waals surface area contributed by atoms with Gasteiger partial charge in [-0.3, -0.25) is 14.5 Å². The molecule has 0 bridgehead atoms. The van der Waals surface area contributed by atoms with Crippen LogP contribution in [0.1, 0.15) is 26.5 Å². The summed E-state index contributed by atoms with van der Waals surface area (Å²) in [7, 11) is 0. The first-order valence-electron chi connectivity index (χ1n) is 9.75. The Kier molecular flexibility index (Phi) is 7.42. The van der Waals surface area contributed by atoms with E-state index in [1.807, 2.05) is 0 Å². The predicted octanol–water partition coefficient (Wildman–Crippen LogP) is 1.40. The number of carboxylic acids is 1. The van der Waals surface area contributed by atoms with Crippen LogP contribution in [0.15, 0.2) is 38.6 Å². The number of amides is 2. The summed E-state index contributed by atoms with van der Waals surface area (Å²) in [5.74, 6) is -2.72. The second kappa shape index (κ2) is 9.91. The van der Waals surface area contributed by atoms with Gasteiger partial charge in [-0.05, 0) is 39.2 Å². The van der Waals surface area contributed by atoms with Crippen LogP contribution in [-0.4, -0.2) is 75.1 Å². The molecule has 2 aliphatic heterocycles. The van der Waals surface area contributed by atoms with Gasteiger partial charge in [-0.15, -0.1) is 23.5 Å². The highest BCUT2D eigenvalue weighted by molar-refractivity contribution is 8.05. The van der Waals surface area contributed by atoms with E-state index < -0.39 is 47.4 Å². The summed E-state index contributed by atoms with van der Waals surface area (Å²) in [5, 5.41) is 15.2. The SMILES string of the molecule is CSC1=C(C(=O)O)N2C(=O)C(NC(=O)C(=NOCC(=O)OC(C)(C)C)c3ccco3)[C@@H]2SC1. The Morgan fingerprint density at radius 1 is 1.39 bits per heavy atom. The van der Waals surface area contributed by atoms with E-state index in [4.69, 9.17) is 14.0 Å². The molecule has 0 radical (unpaired) electrons. The summed E-state index contributed by atoms with van der Waals surface area (Å²) < 4.78 is 10.3. The molecule has 3 heterocycles. The fourth-order valence-corrected chi connectivity index (χ4v) is 5.34. The summed E-state index contributed by atoms with van der Waals surface area (Å²) in [6.45, 7) is 4.56.